The molecule has 3 unspecified atom stereocenters. The smallest absolute Gasteiger partial charge is 0.661 e. The van der Waals surface area contributed by atoms with Gasteiger partial charge in [-0.15, -0.1) is 39.5 Å². The molecule has 232 valence electrons. The minimum atomic E-state index is -1.16. The van der Waals surface area contributed by atoms with Gasteiger partial charge in [0.15, 0.2) is 0 Å². The molecule has 3 aliphatic rings. The molecule has 2 aliphatic heterocycles. The number of hydrogen-bond donors (Lipinski definition) is 2. The maximum atomic E-state index is 13.3. The first-order valence-corrected chi connectivity index (χ1v) is 15.2. The number of ether oxygens (including phenoxy) is 1. The Hall–Kier alpha value is -3.31. The molecule has 0 saturated carbocycles. The molecule has 5 heterocycles. The molecule has 1 fully saturated rings. The molecule has 6 rings (SSSR count). The molecule has 1 aliphatic carbocycles. The van der Waals surface area contributed by atoms with E-state index in [1.807, 2.05) is 32.1 Å². The number of carboxylic acid groups (broad SMARTS) is 1. The first-order valence-electron chi connectivity index (χ1n) is 15.2. The summed E-state index contributed by atoms with van der Waals surface area (Å²) in [6, 6.07) is -0.718. The number of hydrogen-bond acceptors (Lipinski definition) is 4. The first kappa shape index (κ1) is 33.1. The van der Waals surface area contributed by atoms with Crippen molar-refractivity contribution in [2.75, 3.05) is 7.11 Å². The Morgan fingerprint density at radius 1 is 1.11 bits per heavy atom. The van der Waals surface area contributed by atoms with Crippen LogP contribution >= 0.6 is 0 Å². The van der Waals surface area contributed by atoms with Gasteiger partial charge in [-0.2, -0.15) is 5.69 Å². The minimum absolute atomic E-state index is 0. The minimum Gasteiger partial charge on any atom is -0.661 e. The standard InChI is InChI=1S/C35H38N4O5.Mg/c1-8-19-15(3)22-12-24-17(5)21(10-11-28(40)41)32(38-24)30-31(35(43)44-7)34(42)29-18(6)25(39-33(29)30)14-27-20(9-2)16(4)23(37-27)13-26(19)36-22;/h8,13-14,17,21,24,31-32,34,42H,1,4,9-12H2,2-3,5-7H3,(H,40,41);/q-4;+2/b23-13-,25-14-;/t17-,21-,24?,31+,32?,34?;/m0./s1. The van der Waals surface area contributed by atoms with Crippen LogP contribution in [0.25, 0.3) is 35.7 Å². The summed E-state index contributed by atoms with van der Waals surface area (Å²) in [6.07, 6.45) is 6.14. The van der Waals surface area contributed by atoms with Crippen molar-refractivity contribution in [1.82, 2.24) is 15.0 Å². The van der Waals surface area contributed by atoms with Crippen molar-refractivity contribution in [2.45, 2.75) is 71.6 Å². The third-order valence-corrected chi connectivity index (χ3v) is 10.1. The molecule has 0 amide bonds. The Kier molecular flexibility index (Phi) is 9.16. The Morgan fingerprint density at radius 2 is 1.82 bits per heavy atom. The third-order valence-electron chi connectivity index (χ3n) is 10.1. The van der Waals surface area contributed by atoms with Crippen LogP contribution in [0.2, 0.25) is 0 Å². The second-order valence-electron chi connectivity index (χ2n) is 12.3. The van der Waals surface area contributed by atoms with E-state index in [0.29, 0.717) is 41.1 Å². The molecule has 3 aromatic heterocycles. The number of carboxylic acids is 1. The van der Waals surface area contributed by atoms with Gasteiger partial charge in [-0.25, -0.2) is 0 Å². The van der Waals surface area contributed by atoms with Crippen molar-refractivity contribution in [3.8, 4) is 0 Å². The molecule has 8 bridgehead atoms. The van der Waals surface area contributed by atoms with Gasteiger partial charge in [0.25, 0.3) is 0 Å². The summed E-state index contributed by atoms with van der Waals surface area (Å²) >= 11 is 0. The van der Waals surface area contributed by atoms with E-state index in [4.69, 9.17) is 25.0 Å². The van der Waals surface area contributed by atoms with Gasteiger partial charge < -0.3 is 35.2 Å². The molecule has 10 heteroatoms. The molecular formula is C35H38MgN4O5-2. The normalized spacial score (nSPS) is 26.4. The van der Waals surface area contributed by atoms with Gasteiger partial charge >= 0.3 is 35.0 Å². The van der Waals surface area contributed by atoms with E-state index in [0.717, 1.165) is 49.9 Å². The summed E-state index contributed by atoms with van der Waals surface area (Å²) in [5, 5.41) is 29.3. The largest absolute Gasteiger partial charge is 2.00 e. The average Bonchev–Trinajstić information content (AvgIpc) is 3.72. The van der Waals surface area contributed by atoms with Crippen molar-refractivity contribution in [1.29, 1.82) is 0 Å². The molecular weight excluding hydrogens is 581 g/mol. The van der Waals surface area contributed by atoms with Crippen LogP contribution in [-0.4, -0.2) is 64.4 Å². The number of carbonyl (C=O) groups is 2. The number of aliphatic hydroxyl groups is 1. The van der Waals surface area contributed by atoms with Gasteiger partial charge in [0, 0.05) is 6.42 Å². The molecule has 1 saturated heterocycles. The van der Waals surface area contributed by atoms with Crippen molar-refractivity contribution in [2.24, 2.45) is 17.8 Å². The quantitative estimate of drug-likeness (QED) is 0.306. The maximum Gasteiger partial charge on any atom is 2.00 e. The van der Waals surface area contributed by atoms with Gasteiger partial charge in [0.05, 0.1) is 13.2 Å². The molecule has 9 nitrogen and oxygen atoms in total. The Morgan fingerprint density at radius 3 is 2.47 bits per heavy atom. The van der Waals surface area contributed by atoms with Gasteiger partial charge in [0.2, 0.25) is 0 Å². The number of fused-ring (bicyclic) bond motifs is 8. The fourth-order valence-corrected chi connectivity index (χ4v) is 7.65. The van der Waals surface area contributed by atoms with E-state index in [1.165, 1.54) is 7.11 Å². The molecule has 2 N–H and O–H groups in total. The fourth-order valence-electron chi connectivity index (χ4n) is 7.65. The van der Waals surface area contributed by atoms with Gasteiger partial charge in [-0.05, 0) is 43.0 Å². The fraction of sp³-hybridized carbons (Fsp3) is 0.429. The Balaban J connectivity index is 0.00000400. The first-order chi connectivity index (χ1) is 21.0. The zero-order chi connectivity index (χ0) is 31.6. The topological polar surface area (TPSA) is 140 Å². The molecule has 3 aromatic rings. The van der Waals surface area contributed by atoms with Crippen LogP contribution in [0.4, 0.5) is 0 Å². The summed E-state index contributed by atoms with van der Waals surface area (Å²) in [5.74, 6) is -2.63. The summed E-state index contributed by atoms with van der Waals surface area (Å²) in [7, 11) is 1.31. The van der Waals surface area contributed by atoms with Crippen molar-refractivity contribution < 1.29 is 24.5 Å². The van der Waals surface area contributed by atoms with Crippen molar-refractivity contribution in [3.63, 3.8) is 0 Å². The zero-order valence-corrected chi connectivity index (χ0v) is 28.0. The summed E-state index contributed by atoms with van der Waals surface area (Å²) in [4.78, 5) is 40.0. The van der Waals surface area contributed by atoms with Crippen LogP contribution in [0.5, 0.6) is 0 Å². The van der Waals surface area contributed by atoms with Gasteiger partial charge in [-0.3, -0.25) is 9.59 Å². The SMILES string of the molecule is C=Cc1c2[n-]c(c1C)CC1[N-]C(C3=c4[n-]/c(c(C)c4C(O)[C@@H]3C(=O)OC)=C\c3[n-]/c(c(=C)c3CC)=C\2)[C@@H](CCC(=O)O)[C@@H]1C.[Mg+2]. The summed E-state index contributed by atoms with van der Waals surface area (Å²) in [5.41, 5.74) is 7.32. The number of nitrogens with zero attached hydrogens (tertiary/aromatic N) is 4. The van der Waals surface area contributed by atoms with Crippen LogP contribution < -0.4 is 36.2 Å². The van der Waals surface area contributed by atoms with E-state index < -0.39 is 30.0 Å². The number of aliphatic hydroxyl groups excluding tert-OH is 1. The average molecular weight is 619 g/mol. The monoisotopic (exact) mass is 618 g/mol. The summed E-state index contributed by atoms with van der Waals surface area (Å²) in [6.45, 7) is 16.5. The maximum absolute atomic E-state index is 13.3. The Bertz CT molecular complexity index is 1930. The Labute approximate surface area is 278 Å². The van der Waals surface area contributed by atoms with Crippen LogP contribution in [0.15, 0.2) is 6.58 Å². The van der Waals surface area contributed by atoms with E-state index >= 15 is 0 Å². The summed E-state index contributed by atoms with van der Waals surface area (Å²) < 4.78 is 5.20. The van der Waals surface area contributed by atoms with Crippen LogP contribution in [0.1, 0.15) is 77.7 Å². The second kappa shape index (κ2) is 12.5. The number of rotatable bonds is 6. The van der Waals surface area contributed by atoms with Crippen LogP contribution in [0, 0.1) is 31.6 Å². The number of aromatic nitrogens is 3. The zero-order valence-electron chi connectivity index (χ0n) is 26.6. The molecule has 0 radical (unpaired) electrons. The molecule has 0 spiro atoms. The van der Waals surface area contributed by atoms with Crippen LogP contribution in [-0.2, 0) is 27.2 Å². The van der Waals surface area contributed by atoms with E-state index in [1.54, 1.807) is 0 Å². The molecule has 45 heavy (non-hydrogen) atoms. The van der Waals surface area contributed by atoms with Crippen molar-refractivity contribution in [3.05, 3.63) is 78.1 Å². The molecule has 0 aromatic carbocycles. The van der Waals surface area contributed by atoms with Crippen LogP contribution in [0.3, 0.4) is 0 Å². The van der Waals surface area contributed by atoms with E-state index in [2.05, 4.69) is 27.0 Å². The van der Waals surface area contributed by atoms with Gasteiger partial charge in [-0.1, -0.05) is 85.8 Å². The number of esters is 1. The second-order valence-corrected chi connectivity index (χ2v) is 12.3. The third kappa shape index (κ3) is 5.25. The van der Waals surface area contributed by atoms with E-state index in [-0.39, 0.29) is 47.4 Å². The van der Waals surface area contributed by atoms with Gasteiger partial charge in [0.1, 0.15) is 5.92 Å². The number of aliphatic carboxylic acids is 1. The van der Waals surface area contributed by atoms with E-state index in [9.17, 15) is 19.8 Å². The number of carbonyl (C=O) groups excluding carboxylic acids is 1. The predicted octanol–water partition coefficient (Wildman–Crippen LogP) is 0.852. The van der Waals surface area contributed by atoms with Crippen molar-refractivity contribution >= 4 is 65.4 Å². The molecule has 6 atom stereocenters. The number of methoxy groups -OCH3 is 1. The predicted molar refractivity (Wildman–Crippen MR) is 173 cm³/mol.